The van der Waals surface area contributed by atoms with Gasteiger partial charge in [-0.15, -0.1) is 0 Å². The van der Waals surface area contributed by atoms with Crippen molar-refractivity contribution in [3.63, 3.8) is 0 Å². The smallest absolute Gasteiger partial charge is 0.309 e. The van der Waals surface area contributed by atoms with Crippen molar-refractivity contribution in [1.29, 1.82) is 0 Å². The molecule has 166 valence electrons. The van der Waals surface area contributed by atoms with Gasteiger partial charge < -0.3 is 10.2 Å². The third kappa shape index (κ3) is 14.0. The van der Waals surface area contributed by atoms with Crippen molar-refractivity contribution < 1.29 is 19.8 Å². The highest BCUT2D eigenvalue weighted by Gasteiger charge is 2.38. The molecular weight excluding hydrogens is 352 g/mol. The second-order valence-corrected chi connectivity index (χ2v) is 9.56. The first-order valence-corrected chi connectivity index (χ1v) is 11.6. The molecule has 0 heterocycles. The summed E-state index contributed by atoms with van der Waals surface area (Å²) in [5.74, 6) is -0.454. The Balaban J connectivity index is 3.85. The number of hydrogen-bond donors (Lipinski definition) is 2. The lowest BCUT2D eigenvalue weighted by Crippen LogP contribution is -2.34. The van der Waals surface area contributed by atoms with E-state index in [1.165, 1.54) is 38.5 Å². The molecule has 0 rings (SSSR count). The summed E-state index contributed by atoms with van der Waals surface area (Å²) in [6.07, 6.45) is 15.3. The molecule has 2 N–H and O–H groups in total. The van der Waals surface area contributed by atoms with Crippen LogP contribution in [0.15, 0.2) is 0 Å². The van der Waals surface area contributed by atoms with Crippen LogP contribution in [0.4, 0.5) is 0 Å². The summed E-state index contributed by atoms with van der Waals surface area (Å²) in [5, 5.41) is 18.5. The van der Waals surface area contributed by atoms with Crippen molar-refractivity contribution in [3.8, 4) is 0 Å². The Morgan fingerprint density at radius 1 is 0.643 bits per heavy atom. The minimum Gasteiger partial charge on any atom is -0.481 e. The lowest BCUT2D eigenvalue weighted by Gasteiger charge is -2.33. The summed E-state index contributed by atoms with van der Waals surface area (Å²) in [4.78, 5) is 22.5. The van der Waals surface area contributed by atoms with Crippen molar-refractivity contribution >= 4 is 11.9 Å². The van der Waals surface area contributed by atoms with Crippen LogP contribution in [0, 0.1) is 17.3 Å². The van der Waals surface area contributed by atoms with Crippen LogP contribution in [0.5, 0.6) is 0 Å². The van der Waals surface area contributed by atoms with Gasteiger partial charge in [0.2, 0.25) is 0 Å². The molecule has 0 radical (unpaired) electrons. The van der Waals surface area contributed by atoms with E-state index in [1.54, 1.807) is 0 Å². The van der Waals surface area contributed by atoms with Crippen molar-refractivity contribution in [2.75, 3.05) is 0 Å². The predicted octanol–water partition coefficient (Wildman–Crippen LogP) is 7.31. The lowest BCUT2D eigenvalue weighted by atomic mass is 9.71. The monoisotopic (exact) mass is 398 g/mol. The van der Waals surface area contributed by atoms with E-state index in [0.29, 0.717) is 18.3 Å². The fourth-order valence-electron chi connectivity index (χ4n) is 4.46. The molecule has 0 aliphatic carbocycles. The van der Waals surface area contributed by atoms with Gasteiger partial charge >= 0.3 is 11.9 Å². The maximum Gasteiger partial charge on any atom is 0.309 e. The molecule has 28 heavy (non-hydrogen) atoms. The highest BCUT2D eigenvalue weighted by Crippen LogP contribution is 2.39. The van der Waals surface area contributed by atoms with Crippen molar-refractivity contribution in [1.82, 2.24) is 0 Å². The standard InChI is InChI=1S/C24H46O4/c1-20(2)18-24(23(27)28,19-21(3)4)17-15-13-11-9-7-5-6-8-10-12-14-16-22(25)26/h20-21H,5-19H2,1-4H3,(H,25,26)(H,27,28). The van der Waals surface area contributed by atoms with Gasteiger partial charge in [0.15, 0.2) is 0 Å². The first-order chi connectivity index (χ1) is 13.2. The summed E-state index contributed by atoms with van der Waals surface area (Å²) in [6.45, 7) is 8.52. The Bertz CT molecular complexity index is 405. The molecule has 0 aromatic rings. The largest absolute Gasteiger partial charge is 0.481 e. The number of rotatable bonds is 19. The van der Waals surface area contributed by atoms with Gasteiger partial charge in [-0.05, 0) is 37.5 Å². The van der Waals surface area contributed by atoms with Crippen LogP contribution in [0.25, 0.3) is 0 Å². The summed E-state index contributed by atoms with van der Waals surface area (Å²) < 4.78 is 0. The quantitative estimate of drug-likeness (QED) is 0.224. The van der Waals surface area contributed by atoms with Crippen LogP contribution in [-0.2, 0) is 9.59 Å². The highest BCUT2D eigenvalue weighted by atomic mass is 16.4. The topological polar surface area (TPSA) is 74.6 Å². The fourth-order valence-corrected chi connectivity index (χ4v) is 4.46. The molecular formula is C24H46O4. The van der Waals surface area contributed by atoms with Crippen LogP contribution >= 0.6 is 0 Å². The molecule has 0 unspecified atom stereocenters. The summed E-state index contributed by atoms with van der Waals surface area (Å²) in [7, 11) is 0. The van der Waals surface area contributed by atoms with E-state index in [4.69, 9.17) is 5.11 Å². The maximum absolute atomic E-state index is 12.0. The average Bonchev–Trinajstić information content (AvgIpc) is 2.57. The zero-order valence-electron chi connectivity index (χ0n) is 19.0. The van der Waals surface area contributed by atoms with Crippen LogP contribution in [0.2, 0.25) is 0 Å². The van der Waals surface area contributed by atoms with E-state index in [2.05, 4.69) is 27.7 Å². The minimum atomic E-state index is -0.686. The van der Waals surface area contributed by atoms with Gasteiger partial charge in [-0.2, -0.15) is 0 Å². The van der Waals surface area contributed by atoms with Crippen molar-refractivity contribution in [2.45, 2.75) is 124 Å². The second-order valence-electron chi connectivity index (χ2n) is 9.56. The van der Waals surface area contributed by atoms with Crippen LogP contribution in [-0.4, -0.2) is 22.2 Å². The molecule has 4 heteroatoms. The van der Waals surface area contributed by atoms with E-state index >= 15 is 0 Å². The SMILES string of the molecule is CC(C)CC(CCCCCCCCCCCCCC(=O)O)(CC(C)C)C(=O)O. The van der Waals surface area contributed by atoms with E-state index in [0.717, 1.165) is 51.4 Å². The Morgan fingerprint density at radius 3 is 1.32 bits per heavy atom. The molecule has 0 aromatic carbocycles. The zero-order chi connectivity index (χ0) is 21.4. The summed E-state index contributed by atoms with van der Waals surface area (Å²) in [5.41, 5.74) is -0.539. The number of aliphatic carboxylic acids is 2. The van der Waals surface area contributed by atoms with Gasteiger partial charge in [0.1, 0.15) is 0 Å². The third-order valence-corrected chi connectivity index (χ3v) is 5.60. The number of carbonyl (C=O) groups is 2. The van der Waals surface area contributed by atoms with E-state index in [1.807, 2.05) is 0 Å². The number of hydrogen-bond acceptors (Lipinski definition) is 2. The lowest BCUT2D eigenvalue weighted by molar-refractivity contribution is -0.152. The van der Waals surface area contributed by atoms with Gasteiger partial charge in [-0.3, -0.25) is 9.59 Å². The predicted molar refractivity (Wildman–Crippen MR) is 117 cm³/mol. The van der Waals surface area contributed by atoms with Gasteiger partial charge in [-0.25, -0.2) is 0 Å². The third-order valence-electron chi connectivity index (χ3n) is 5.60. The van der Waals surface area contributed by atoms with Crippen molar-refractivity contribution in [3.05, 3.63) is 0 Å². The minimum absolute atomic E-state index is 0.303. The summed E-state index contributed by atoms with van der Waals surface area (Å²) >= 11 is 0. The van der Waals surface area contributed by atoms with Crippen LogP contribution in [0.3, 0.4) is 0 Å². The van der Waals surface area contributed by atoms with Gasteiger partial charge in [0.25, 0.3) is 0 Å². The number of unbranched alkanes of at least 4 members (excludes halogenated alkanes) is 10. The zero-order valence-corrected chi connectivity index (χ0v) is 19.0. The van der Waals surface area contributed by atoms with Gasteiger partial charge in [0.05, 0.1) is 5.41 Å². The molecule has 0 spiro atoms. The number of carboxylic acids is 2. The van der Waals surface area contributed by atoms with Crippen LogP contribution in [0.1, 0.15) is 124 Å². The maximum atomic E-state index is 12.0. The molecule has 0 atom stereocenters. The molecule has 0 amide bonds. The molecule has 0 saturated carbocycles. The van der Waals surface area contributed by atoms with Crippen molar-refractivity contribution in [2.24, 2.45) is 17.3 Å². The summed E-state index contributed by atoms with van der Waals surface area (Å²) in [6, 6.07) is 0. The second kappa shape index (κ2) is 15.8. The normalized spacial score (nSPS) is 12.1. The average molecular weight is 399 g/mol. The molecule has 0 bridgehead atoms. The number of carboxylic acid groups (broad SMARTS) is 2. The Morgan fingerprint density at radius 2 is 1.00 bits per heavy atom. The molecule has 0 fully saturated rings. The first kappa shape index (κ1) is 26.9. The van der Waals surface area contributed by atoms with Gasteiger partial charge in [0, 0.05) is 6.42 Å². The molecule has 0 aliphatic rings. The fraction of sp³-hybridized carbons (Fsp3) is 0.917. The highest BCUT2D eigenvalue weighted by molar-refractivity contribution is 5.74. The van der Waals surface area contributed by atoms with E-state index < -0.39 is 17.4 Å². The molecule has 4 nitrogen and oxygen atoms in total. The van der Waals surface area contributed by atoms with E-state index in [-0.39, 0.29) is 0 Å². The Labute approximate surface area is 173 Å². The van der Waals surface area contributed by atoms with E-state index in [9.17, 15) is 14.7 Å². The molecule has 0 saturated heterocycles. The van der Waals surface area contributed by atoms with Gasteiger partial charge in [-0.1, -0.05) is 91.9 Å². The van der Waals surface area contributed by atoms with Crippen LogP contribution < -0.4 is 0 Å². The molecule has 0 aromatic heterocycles. The Kier molecular flexibility index (Phi) is 15.2. The first-order valence-electron chi connectivity index (χ1n) is 11.6. The molecule has 0 aliphatic heterocycles. The Hall–Kier alpha value is -1.06.